The second-order valence-electron chi connectivity index (χ2n) is 5.71. The van der Waals surface area contributed by atoms with E-state index in [1.807, 2.05) is 4.89 Å². The van der Waals surface area contributed by atoms with Crippen molar-refractivity contribution in [1.82, 2.24) is 20.0 Å². The second-order valence-corrected chi connectivity index (χ2v) is 8.98. The number of carbonyl (C=O) groups excluding carboxylic acids is 1. The van der Waals surface area contributed by atoms with Gasteiger partial charge in [-0.1, -0.05) is 17.0 Å². The first-order valence-corrected chi connectivity index (χ1v) is 11.1. The summed E-state index contributed by atoms with van der Waals surface area (Å²) >= 11 is 0. The molecule has 1 unspecified atom stereocenters. The summed E-state index contributed by atoms with van der Waals surface area (Å²) in [4.78, 5) is 21.5. The molecular weight excluding hydrogens is 410 g/mol. The van der Waals surface area contributed by atoms with Crippen LogP contribution in [0.3, 0.4) is 0 Å². The van der Waals surface area contributed by atoms with Gasteiger partial charge in [0.1, 0.15) is 16.1 Å². The van der Waals surface area contributed by atoms with Crippen LogP contribution in [0.2, 0.25) is 0 Å². The zero-order valence-electron chi connectivity index (χ0n) is 15.4. The second kappa shape index (κ2) is 8.68. The van der Waals surface area contributed by atoms with E-state index in [2.05, 4.69) is 15.3 Å². The standard InChI is InChI=1S/C15H21N5O6S2/c1-4-26-19-28(24,25)14-8-6-5-7-13(14)27(22,23)18-15(21)17-20-10-16-11(2)9-12(20)3/h5-10,12,19H,4H2,1-3H3,(H2,17,18,21). The molecule has 154 valence electrons. The van der Waals surface area contributed by atoms with Crippen molar-refractivity contribution in [3.63, 3.8) is 0 Å². The Bertz CT molecular complexity index is 1000. The summed E-state index contributed by atoms with van der Waals surface area (Å²) in [5, 5.41) is 1.30. The van der Waals surface area contributed by atoms with Crippen LogP contribution >= 0.6 is 0 Å². The van der Waals surface area contributed by atoms with Gasteiger partial charge in [-0.05, 0) is 39.0 Å². The van der Waals surface area contributed by atoms with Crippen molar-refractivity contribution in [2.45, 2.75) is 36.6 Å². The zero-order valence-corrected chi connectivity index (χ0v) is 17.0. The van der Waals surface area contributed by atoms with Crippen molar-refractivity contribution in [3.8, 4) is 0 Å². The van der Waals surface area contributed by atoms with Crippen LogP contribution in [-0.2, 0) is 24.9 Å². The average Bonchev–Trinajstić information content (AvgIpc) is 2.62. The van der Waals surface area contributed by atoms with Crippen LogP contribution in [0, 0.1) is 0 Å². The van der Waals surface area contributed by atoms with E-state index in [1.54, 1.807) is 31.6 Å². The van der Waals surface area contributed by atoms with E-state index in [-0.39, 0.29) is 12.6 Å². The summed E-state index contributed by atoms with van der Waals surface area (Å²) in [5.41, 5.74) is 3.08. The lowest BCUT2D eigenvalue weighted by Crippen LogP contribution is -2.52. The Labute approximate surface area is 163 Å². The molecule has 1 atom stereocenters. The predicted molar refractivity (Wildman–Crippen MR) is 101 cm³/mol. The number of hydrazine groups is 1. The molecule has 2 amide bonds. The third-order valence-corrected chi connectivity index (χ3v) is 6.30. The highest BCUT2D eigenvalue weighted by Crippen LogP contribution is 2.20. The van der Waals surface area contributed by atoms with Crippen molar-refractivity contribution in [3.05, 3.63) is 36.0 Å². The lowest BCUT2D eigenvalue weighted by atomic mass is 10.2. The highest BCUT2D eigenvalue weighted by molar-refractivity contribution is 7.92. The third-order valence-electron chi connectivity index (χ3n) is 3.51. The van der Waals surface area contributed by atoms with Gasteiger partial charge in [0.05, 0.1) is 12.6 Å². The molecule has 0 fully saturated rings. The summed E-state index contributed by atoms with van der Waals surface area (Å²) < 4.78 is 51.5. The van der Waals surface area contributed by atoms with Crippen LogP contribution in [0.15, 0.2) is 50.8 Å². The van der Waals surface area contributed by atoms with E-state index in [1.165, 1.54) is 23.5 Å². The Hall–Kier alpha value is -2.48. The molecule has 0 saturated carbocycles. The molecule has 1 aliphatic heterocycles. The Morgan fingerprint density at radius 1 is 1.18 bits per heavy atom. The Kier molecular flexibility index (Phi) is 6.77. The number of allylic oxidation sites excluding steroid dienone is 1. The SMILES string of the molecule is CCONS(=O)(=O)c1ccccc1S(=O)(=O)NC(=O)NN1C=NC(C)=CC1C. The van der Waals surface area contributed by atoms with Crippen molar-refractivity contribution in [2.75, 3.05) is 6.61 Å². The van der Waals surface area contributed by atoms with Gasteiger partial charge in [-0.2, -0.15) is 0 Å². The van der Waals surface area contributed by atoms with Gasteiger partial charge in [0.25, 0.3) is 20.0 Å². The molecule has 11 nitrogen and oxygen atoms in total. The number of hydrogen-bond donors (Lipinski definition) is 3. The van der Waals surface area contributed by atoms with Crippen LogP contribution in [0.5, 0.6) is 0 Å². The Morgan fingerprint density at radius 3 is 2.36 bits per heavy atom. The first kappa shape index (κ1) is 21.8. The van der Waals surface area contributed by atoms with Crippen LogP contribution < -0.4 is 15.0 Å². The predicted octanol–water partition coefficient (Wildman–Crippen LogP) is 0.456. The Morgan fingerprint density at radius 2 is 1.79 bits per heavy atom. The Balaban J connectivity index is 2.22. The molecule has 13 heteroatoms. The lowest BCUT2D eigenvalue weighted by molar-refractivity contribution is 0.105. The van der Waals surface area contributed by atoms with E-state index >= 15 is 0 Å². The molecule has 0 aromatic heterocycles. The molecule has 1 aromatic rings. The molecule has 3 N–H and O–H groups in total. The normalized spacial score (nSPS) is 17.2. The van der Waals surface area contributed by atoms with Gasteiger partial charge in [0.2, 0.25) is 0 Å². The summed E-state index contributed by atoms with van der Waals surface area (Å²) in [5.74, 6) is 0. The van der Waals surface area contributed by atoms with Gasteiger partial charge >= 0.3 is 6.03 Å². The van der Waals surface area contributed by atoms with Crippen molar-refractivity contribution < 1.29 is 26.5 Å². The fraction of sp³-hybridized carbons (Fsp3) is 0.333. The summed E-state index contributed by atoms with van der Waals surface area (Å²) in [6.45, 7) is 5.14. The van der Waals surface area contributed by atoms with Crippen molar-refractivity contribution in [1.29, 1.82) is 0 Å². The number of amides is 2. The molecule has 2 rings (SSSR count). The number of hydrogen-bond acceptors (Lipinski definition) is 8. The minimum Gasteiger partial charge on any atom is -0.287 e. The first-order valence-electron chi connectivity index (χ1n) is 8.14. The molecule has 0 saturated heterocycles. The number of benzene rings is 1. The number of sulfonamides is 2. The topological polar surface area (TPSA) is 146 Å². The zero-order chi connectivity index (χ0) is 20.9. The monoisotopic (exact) mass is 431 g/mol. The van der Waals surface area contributed by atoms with Crippen molar-refractivity contribution >= 4 is 32.4 Å². The molecule has 0 bridgehead atoms. The quantitative estimate of drug-likeness (QED) is 0.531. The molecule has 28 heavy (non-hydrogen) atoms. The maximum Gasteiger partial charge on any atom is 0.347 e. The molecule has 1 aromatic carbocycles. The van der Waals surface area contributed by atoms with Gasteiger partial charge in [-0.15, -0.1) is 0 Å². The van der Waals surface area contributed by atoms with Crippen molar-refractivity contribution in [2.24, 2.45) is 4.99 Å². The van der Waals surface area contributed by atoms with Crippen LogP contribution in [0.1, 0.15) is 20.8 Å². The minimum atomic E-state index is -4.50. The maximum atomic E-state index is 12.6. The van der Waals surface area contributed by atoms with Crippen LogP contribution in [-0.4, -0.2) is 46.9 Å². The highest BCUT2D eigenvalue weighted by atomic mass is 32.2. The summed E-state index contributed by atoms with van der Waals surface area (Å²) in [6.07, 6.45) is 3.10. The molecule has 1 aliphatic rings. The van der Waals surface area contributed by atoms with Gasteiger partial charge in [0.15, 0.2) is 0 Å². The maximum absolute atomic E-state index is 12.6. The molecule has 0 aliphatic carbocycles. The van der Waals surface area contributed by atoms with Crippen LogP contribution in [0.4, 0.5) is 4.79 Å². The van der Waals surface area contributed by atoms with Gasteiger partial charge in [-0.25, -0.2) is 36.8 Å². The molecule has 0 radical (unpaired) electrons. The van der Waals surface area contributed by atoms with E-state index in [9.17, 15) is 21.6 Å². The number of aliphatic imine (C=N–C) groups is 1. The first-order chi connectivity index (χ1) is 13.1. The average molecular weight is 431 g/mol. The van der Waals surface area contributed by atoms with E-state index in [4.69, 9.17) is 0 Å². The number of nitrogens with one attached hydrogen (secondary N) is 3. The largest absolute Gasteiger partial charge is 0.347 e. The number of rotatable bonds is 7. The van der Waals surface area contributed by atoms with Gasteiger partial charge in [0, 0.05) is 5.70 Å². The smallest absolute Gasteiger partial charge is 0.287 e. The number of carbonyl (C=O) groups is 1. The lowest BCUT2D eigenvalue weighted by Gasteiger charge is -2.27. The summed E-state index contributed by atoms with van der Waals surface area (Å²) in [6, 6.07) is 3.50. The van der Waals surface area contributed by atoms with Gasteiger partial charge < -0.3 is 0 Å². The fourth-order valence-electron chi connectivity index (χ4n) is 2.25. The third kappa shape index (κ3) is 5.28. The number of urea groups is 1. The van der Waals surface area contributed by atoms with Gasteiger partial charge in [-0.3, -0.25) is 9.85 Å². The van der Waals surface area contributed by atoms with E-state index < -0.39 is 35.9 Å². The molecule has 0 spiro atoms. The molecular formula is C15H21N5O6S2. The fourth-order valence-corrected chi connectivity index (χ4v) is 4.86. The summed E-state index contributed by atoms with van der Waals surface area (Å²) in [7, 11) is -8.78. The molecule has 1 heterocycles. The minimum absolute atomic E-state index is 0.0400. The van der Waals surface area contributed by atoms with Crippen LogP contribution in [0.25, 0.3) is 0 Å². The number of nitrogens with zero attached hydrogens (tertiary/aromatic N) is 2. The van der Waals surface area contributed by atoms with E-state index in [0.29, 0.717) is 0 Å². The van der Waals surface area contributed by atoms with E-state index in [0.717, 1.165) is 17.8 Å². The highest BCUT2D eigenvalue weighted by Gasteiger charge is 2.28.